The van der Waals surface area contributed by atoms with Gasteiger partial charge in [0.1, 0.15) is 11.6 Å². The minimum atomic E-state index is -0.315. The molecule has 3 rings (SSSR count). The molecule has 160 valence electrons. The van der Waals surface area contributed by atoms with Crippen LogP contribution >= 0.6 is 0 Å². The van der Waals surface area contributed by atoms with Gasteiger partial charge in [-0.2, -0.15) is 0 Å². The van der Waals surface area contributed by atoms with Crippen LogP contribution in [0.2, 0.25) is 0 Å². The smallest absolute Gasteiger partial charge is 0.223 e. The van der Waals surface area contributed by atoms with Gasteiger partial charge in [-0.25, -0.2) is 4.39 Å². The minimum Gasteiger partial charge on any atom is -0.496 e. The van der Waals surface area contributed by atoms with Crippen LogP contribution in [0.1, 0.15) is 44.7 Å². The van der Waals surface area contributed by atoms with E-state index in [1.165, 1.54) is 6.07 Å². The predicted octanol–water partition coefficient (Wildman–Crippen LogP) is 4.79. The molecule has 0 saturated heterocycles. The lowest BCUT2D eigenvalue weighted by Crippen LogP contribution is -2.39. The van der Waals surface area contributed by atoms with Gasteiger partial charge < -0.3 is 14.5 Å². The van der Waals surface area contributed by atoms with Crippen molar-refractivity contribution in [2.45, 2.75) is 46.3 Å². The first-order valence-electron chi connectivity index (χ1n) is 10.1. The van der Waals surface area contributed by atoms with Gasteiger partial charge in [0.25, 0.3) is 0 Å². The summed E-state index contributed by atoms with van der Waals surface area (Å²) in [5.41, 5.74) is 1.99. The Balaban J connectivity index is 1.73. The van der Waals surface area contributed by atoms with Crippen molar-refractivity contribution in [2.24, 2.45) is 10.6 Å². The Bertz CT molecular complexity index is 921. The summed E-state index contributed by atoms with van der Waals surface area (Å²) in [5, 5.41) is 4.23. The van der Waals surface area contributed by atoms with E-state index in [0.29, 0.717) is 24.9 Å². The van der Waals surface area contributed by atoms with Gasteiger partial charge in [-0.15, -0.1) is 0 Å². The highest BCUT2D eigenvalue weighted by Gasteiger charge is 2.29. The van der Waals surface area contributed by atoms with Crippen LogP contribution in [-0.4, -0.2) is 36.3 Å². The number of carbonyl (C=O) groups excluding carboxylic acids is 1. The van der Waals surface area contributed by atoms with Gasteiger partial charge in [0, 0.05) is 30.5 Å². The summed E-state index contributed by atoms with van der Waals surface area (Å²) in [7, 11) is 1.62. The first-order chi connectivity index (χ1) is 14.3. The molecule has 0 fully saturated rings. The van der Waals surface area contributed by atoms with Crippen molar-refractivity contribution in [3.05, 3.63) is 65.5 Å². The standard InChI is InChI=1S/C24H29FN2O3/c1-24(2,3)14-23(28)27(15-17-9-5-7-11-20(17)25)16-18-13-21(26-30-18)19-10-6-8-12-22(19)29-4/h5-12,18H,13-16H2,1-4H3. The fourth-order valence-corrected chi connectivity index (χ4v) is 3.47. The van der Waals surface area contributed by atoms with Crippen LogP contribution in [0.15, 0.2) is 53.7 Å². The van der Waals surface area contributed by atoms with Crippen molar-refractivity contribution in [1.82, 2.24) is 4.90 Å². The van der Waals surface area contributed by atoms with Gasteiger partial charge >= 0.3 is 0 Å². The molecule has 1 amide bonds. The number of hydrogen-bond acceptors (Lipinski definition) is 4. The molecule has 6 heteroatoms. The fourth-order valence-electron chi connectivity index (χ4n) is 3.47. The number of para-hydroxylation sites is 1. The number of ether oxygens (including phenoxy) is 1. The molecule has 0 radical (unpaired) electrons. The van der Waals surface area contributed by atoms with Gasteiger partial charge in [-0.05, 0) is 23.6 Å². The van der Waals surface area contributed by atoms with E-state index in [9.17, 15) is 9.18 Å². The van der Waals surface area contributed by atoms with Crippen molar-refractivity contribution in [1.29, 1.82) is 0 Å². The van der Waals surface area contributed by atoms with Crippen LogP contribution in [-0.2, 0) is 16.2 Å². The zero-order valence-electron chi connectivity index (χ0n) is 18.0. The Morgan fingerprint density at radius 1 is 1.20 bits per heavy atom. The van der Waals surface area contributed by atoms with Crippen LogP contribution in [0.5, 0.6) is 5.75 Å². The molecule has 1 atom stereocenters. The third-order valence-electron chi connectivity index (χ3n) is 4.93. The zero-order chi connectivity index (χ0) is 21.7. The summed E-state index contributed by atoms with van der Waals surface area (Å²) in [6.45, 7) is 6.58. The van der Waals surface area contributed by atoms with E-state index in [1.807, 2.05) is 45.0 Å². The summed E-state index contributed by atoms with van der Waals surface area (Å²) in [6, 6.07) is 14.2. The Morgan fingerprint density at radius 2 is 1.90 bits per heavy atom. The van der Waals surface area contributed by atoms with Crippen LogP contribution in [0.3, 0.4) is 0 Å². The number of oxime groups is 1. The minimum absolute atomic E-state index is 0.0277. The van der Waals surface area contributed by atoms with Gasteiger partial charge in [-0.3, -0.25) is 4.79 Å². The Hall–Kier alpha value is -2.89. The van der Waals surface area contributed by atoms with Crippen LogP contribution in [0.25, 0.3) is 0 Å². The second-order valence-electron chi connectivity index (χ2n) is 8.77. The number of benzene rings is 2. The molecular formula is C24H29FN2O3. The molecule has 1 aliphatic rings. The average molecular weight is 413 g/mol. The number of hydrogen-bond donors (Lipinski definition) is 0. The zero-order valence-corrected chi connectivity index (χ0v) is 18.0. The fraction of sp³-hybridized carbons (Fsp3) is 0.417. The van der Waals surface area contributed by atoms with Crippen molar-refractivity contribution >= 4 is 11.6 Å². The maximum Gasteiger partial charge on any atom is 0.223 e. The summed E-state index contributed by atoms with van der Waals surface area (Å²) < 4.78 is 19.6. The molecule has 2 aromatic rings. The van der Waals surface area contributed by atoms with E-state index in [2.05, 4.69) is 5.16 Å². The second kappa shape index (κ2) is 9.28. The van der Waals surface area contributed by atoms with Crippen LogP contribution < -0.4 is 4.74 Å². The SMILES string of the molecule is COc1ccccc1C1=NOC(CN(Cc2ccccc2F)C(=O)CC(C)(C)C)C1. The molecule has 0 N–H and O–H groups in total. The third kappa shape index (κ3) is 5.59. The third-order valence-corrected chi connectivity index (χ3v) is 4.93. The maximum atomic E-state index is 14.2. The lowest BCUT2D eigenvalue weighted by molar-refractivity contribution is -0.135. The van der Waals surface area contributed by atoms with Gasteiger partial charge in [0.05, 0.1) is 19.4 Å². The Kier molecular flexibility index (Phi) is 6.75. The summed E-state index contributed by atoms with van der Waals surface area (Å²) in [4.78, 5) is 20.3. The summed E-state index contributed by atoms with van der Waals surface area (Å²) in [5.74, 6) is 0.386. The number of amides is 1. The van der Waals surface area contributed by atoms with Crippen molar-refractivity contribution in [2.75, 3.05) is 13.7 Å². The summed E-state index contributed by atoms with van der Waals surface area (Å²) in [6.07, 6.45) is 0.631. The topological polar surface area (TPSA) is 51.1 Å². The second-order valence-corrected chi connectivity index (χ2v) is 8.77. The highest BCUT2D eigenvalue weighted by atomic mass is 19.1. The van der Waals surface area contributed by atoms with E-state index in [0.717, 1.165) is 17.0 Å². The normalized spacial score (nSPS) is 16.0. The number of methoxy groups -OCH3 is 1. The highest BCUT2D eigenvalue weighted by Crippen LogP contribution is 2.26. The van der Waals surface area contributed by atoms with Gasteiger partial charge in [0.15, 0.2) is 6.10 Å². The summed E-state index contributed by atoms with van der Waals surface area (Å²) >= 11 is 0. The maximum absolute atomic E-state index is 14.2. The van der Waals surface area contributed by atoms with Crippen LogP contribution in [0.4, 0.5) is 4.39 Å². The molecular weight excluding hydrogens is 383 g/mol. The van der Waals surface area contributed by atoms with Crippen molar-refractivity contribution in [3.63, 3.8) is 0 Å². The molecule has 1 unspecified atom stereocenters. The lowest BCUT2D eigenvalue weighted by Gasteiger charge is -2.28. The predicted molar refractivity (Wildman–Crippen MR) is 115 cm³/mol. The van der Waals surface area contributed by atoms with Crippen LogP contribution in [0, 0.1) is 11.2 Å². The largest absolute Gasteiger partial charge is 0.496 e. The molecule has 0 saturated carbocycles. The van der Waals surface area contributed by atoms with Gasteiger partial charge in [0.2, 0.25) is 5.91 Å². The molecule has 30 heavy (non-hydrogen) atoms. The Labute approximate surface area is 177 Å². The number of nitrogens with zero attached hydrogens (tertiary/aromatic N) is 2. The number of rotatable bonds is 7. The molecule has 2 aromatic carbocycles. The lowest BCUT2D eigenvalue weighted by atomic mass is 9.91. The molecule has 1 aliphatic heterocycles. The molecule has 5 nitrogen and oxygen atoms in total. The molecule has 0 bridgehead atoms. The quantitative estimate of drug-likeness (QED) is 0.657. The molecule has 0 aromatic heterocycles. The molecule has 0 spiro atoms. The van der Waals surface area contributed by atoms with Crippen molar-refractivity contribution < 1.29 is 18.8 Å². The van der Waals surface area contributed by atoms with Crippen molar-refractivity contribution in [3.8, 4) is 5.75 Å². The first kappa shape index (κ1) is 21.8. The van der Waals surface area contributed by atoms with E-state index in [1.54, 1.807) is 30.2 Å². The van der Waals surface area contributed by atoms with E-state index in [4.69, 9.17) is 9.57 Å². The van der Waals surface area contributed by atoms with Gasteiger partial charge in [-0.1, -0.05) is 56.3 Å². The first-order valence-corrected chi connectivity index (χ1v) is 10.1. The highest BCUT2D eigenvalue weighted by molar-refractivity contribution is 6.03. The average Bonchev–Trinajstić information content (AvgIpc) is 3.16. The Morgan fingerprint density at radius 3 is 2.60 bits per heavy atom. The number of halogens is 1. The van der Waals surface area contributed by atoms with E-state index < -0.39 is 0 Å². The van der Waals surface area contributed by atoms with E-state index >= 15 is 0 Å². The molecule has 0 aliphatic carbocycles. The monoisotopic (exact) mass is 412 g/mol. The molecule has 1 heterocycles. The van der Waals surface area contributed by atoms with E-state index in [-0.39, 0.29) is 29.8 Å². The number of carbonyl (C=O) groups is 1.